The molecule has 0 radical (unpaired) electrons. The number of benzene rings is 1. The van der Waals surface area contributed by atoms with Gasteiger partial charge in [0.2, 0.25) is 5.96 Å². The number of methoxy groups -OCH3 is 2. The molecule has 196 valence electrons. The maximum atomic E-state index is 5.53. The van der Waals surface area contributed by atoms with E-state index < -0.39 is 0 Å². The number of aliphatic imine (C=N–C) groups is 1. The minimum atomic E-state index is 0.503. The number of hydrogen-bond donors (Lipinski definition) is 1. The second-order valence-corrected chi connectivity index (χ2v) is 9.54. The van der Waals surface area contributed by atoms with Gasteiger partial charge < -0.3 is 24.6 Å². The van der Waals surface area contributed by atoms with Crippen molar-refractivity contribution in [2.45, 2.75) is 19.9 Å². The van der Waals surface area contributed by atoms with Crippen LogP contribution >= 0.6 is 0 Å². The number of allylic oxidation sites excluding steroid dienone is 3. The monoisotopic (exact) mass is 512 g/mol. The first-order chi connectivity index (χ1) is 18.6. The number of piperazine rings is 1. The molecule has 1 aromatic carbocycles. The number of aromatic nitrogens is 3. The van der Waals surface area contributed by atoms with Gasteiger partial charge in [0.1, 0.15) is 23.3 Å². The summed E-state index contributed by atoms with van der Waals surface area (Å²) in [6, 6.07) is 10.6. The zero-order valence-electron chi connectivity index (χ0n) is 22.0. The number of nitrogens with zero attached hydrogens (tertiary/aromatic N) is 7. The molecule has 10 nitrogen and oxygen atoms in total. The van der Waals surface area contributed by atoms with Crippen molar-refractivity contribution in [3.05, 3.63) is 76.6 Å². The molecule has 0 amide bonds. The fourth-order valence-electron chi connectivity index (χ4n) is 5.16. The summed E-state index contributed by atoms with van der Waals surface area (Å²) in [5.41, 5.74) is 5.78. The van der Waals surface area contributed by atoms with Crippen LogP contribution in [0.1, 0.15) is 18.9 Å². The number of ether oxygens (including phenoxy) is 2. The van der Waals surface area contributed by atoms with E-state index in [1.165, 1.54) is 5.69 Å². The molecular weight excluding hydrogens is 480 g/mol. The van der Waals surface area contributed by atoms with Crippen LogP contribution in [-0.4, -0.2) is 72.4 Å². The first kappa shape index (κ1) is 24.2. The molecule has 2 aliphatic heterocycles. The van der Waals surface area contributed by atoms with Crippen LogP contribution in [0.5, 0.6) is 0 Å². The van der Waals surface area contributed by atoms with Crippen LogP contribution in [0.3, 0.4) is 0 Å². The van der Waals surface area contributed by atoms with Crippen LogP contribution in [0.25, 0.3) is 11.2 Å². The summed E-state index contributed by atoms with van der Waals surface area (Å²) >= 11 is 0. The van der Waals surface area contributed by atoms with E-state index in [9.17, 15) is 0 Å². The first-order valence-electron chi connectivity index (χ1n) is 13.0. The molecule has 2 aromatic heterocycles. The number of pyridine rings is 1. The van der Waals surface area contributed by atoms with Crippen molar-refractivity contribution in [1.29, 1.82) is 0 Å². The highest BCUT2D eigenvalue weighted by Crippen LogP contribution is 2.24. The van der Waals surface area contributed by atoms with E-state index >= 15 is 0 Å². The van der Waals surface area contributed by atoms with Gasteiger partial charge in [0, 0.05) is 60.8 Å². The SMILES string of the molecule is CCN1CCN(c2ccc(NC3=NCc4cc(=C5C=C(OC)C=C(OC)C5)c5nncn5c4=N3)cc2)CC1. The molecule has 10 heteroatoms. The lowest BCUT2D eigenvalue weighted by Crippen LogP contribution is -2.46. The Bertz CT molecular complexity index is 1560. The minimum Gasteiger partial charge on any atom is -0.501 e. The smallest absolute Gasteiger partial charge is 0.224 e. The van der Waals surface area contributed by atoms with Crippen molar-refractivity contribution in [2.75, 3.05) is 57.2 Å². The van der Waals surface area contributed by atoms with Gasteiger partial charge in [-0.05, 0) is 48.5 Å². The van der Waals surface area contributed by atoms with Crippen LogP contribution in [0.2, 0.25) is 0 Å². The van der Waals surface area contributed by atoms with Gasteiger partial charge in [-0.15, -0.1) is 10.2 Å². The second kappa shape index (κ2) is 10.3. The molecule has 0 unspecified atom stereocenters. The number of guanidine groups is 1. The molecule has 38 heavy (non-hydrogen) atoms. The van der Waals surface area contributed by atoms with Gasteiger partial charge in [-0.3, -0.25) is 4.40 Å². The lowest BCUT2D eigenvalue weighted by atomic mass is 10.0. The Morgan fingerprint density at radius 2 is 1.82 bits per heavy atom. The average molecular weight is 513 g/mol. The van der Waals surface area contributed by atoms with Gasteiger partial charge in [-0.25, -0.2) is 4.99 Å². The van der Waals surface area contributed by atoms with Gasteiger partial charge in [0.25, 0.3) is 0 Å². The Hall–Kier alpha value is -4.18. The van der Waals surface area contributed by atoms with Gasteiger partial charge in [-0.1, -0.05) is 6.92 Å². The summed E-state index contributed by atoms with van der Waals surface area (Å²) in [6.45, 7) is 8.17. The van der Waals surface area contributed by atoms with E-state index in [0.29, 0.717) is 18.9 Å². The molecular formula is C28H32N8O2. The van der Waals surface area contributed by atoms with Crippen molar-refractivity contribution >= 4 is 28.6 Å². The highest BCUT2D eigenvalue weighted by Gasteiger charge is 2.18. The fourth-order valence-corrected chi connectivity index (χ4v) is 5.16. The van der Waals surface area contributed by atoms with E-state index in [1.54, 1.807) is 20.5 Å². The number of rotatable bonds is 5. The topological polar surface area (TPSA) is 91.9 Å². The van der Waals surface area contributed by atoms with Crippen molar-refractivity contribution in [3.63, 3.8) is 0 Å². The van der Waals surface area contributed by atoms with Crippen LogP contribution in [0.4, 0.5) is 11.4 Å². The third kappa shape index (κ3) is 4.63. The molecule has 4 heterocycles. The summed E-state index contributed by atoms with van der Waals surface area (Å²) in [6.07, 6.45) is 6.26. The van der Waals surface area contributed by atoms with E-state index in [1.807, 2.05) is 16.6 Å². The Morgan fingerprint density at radius 1 is 1.00 bits per heavy atom. The van der Waals surface area contributed by atoms with E-state index in [-0.39, 0.29) is 0 Å². The number of nitrogens with one attached hydrogen (secondary N) is 1. The molecule has 0 spiro atoms. The van der Waals surface area contributed by atoms with Gasteiger partial charge in [0.05, 0.1) is 20.8 Å². The van der Waals surface area contributed by atoms with Crippen LogP contribution < -0.4 is 20.9 Å². The molecule has 6 rings (SSSR count). The van der Waals surface area contributed by atoms with E-state index in [2.05, 4.69) is 62.6 Å². The van der Waals surface area contributed by atoms with Crippen molar-refractivity contribution < 1.29 is 9.47 Å². The van der Waals surface area contributed by atoms with Crippen LogP contribution in [-0.2, 0) is 16.0 Å². The van der Waals surface area contributed by atoms with Crippen molar-refractivity contribution in [1.82, 2.24) is 19.5 Å². The van der Waals surface area contributed by atoms with Crippen LogP contribution in [0.15, 0.2) is 70.3 Å². The third-order valence-electron chi connectivity index (χ3n) is 7.37. The van der Waals surface area contributed by atoms with Crippen molar-refractivity contribution in [2.24, 2.45) is 9.98 Å². The van der Waals surface area contributed by atoms with E-state index in [0.717, 1.165) is 77.4 Å². The standard InChI is InChI=1S/C28H32N8O2/c1-4-34-9-11-35(12-10-34)22-7-5-21(6-8-22)31-28-29-17-20-15-25(27-33-30-18-36(27)26(20)32-28)19-13-23(37-2)16-24(14-19)38-3/h5-8,13,15-16,18H,4,9-12,14,17H2,1-3H3,(H,29,31). The largest absolute Gasteiger partial charge is 0.501 e. The zero-order chi connectivity index (χ0) is 26.1. The molecule has 1 fully saturated rings. The second-order valence-electron chi connectivity index (χ2n) is 9.54. The average Bonchev–Trinajstić information content (AvgIpc) is 3.47. The maximum absolute atomic E-state index is 5.53. The summed E-state index contributed by atoms with van der Waals surface area (Å²) in [4.78, 5) is 14.5. The van der Waals surface area contributed by atoms with Gasteiger partial charge in [-0.2, -0.15) is 4.99 Å². The maximum Gasteiger partial charge on any atom is 0.224 e. The highest BCUT2D eigenvalue weighted by atomic mass is 16.5. The molecule has 1 saturated heterocycles. The lowest BCUT2D eigenvalue weighted by Gasteiger charge is -2.35. The molecule has 1 N–H and O–H groups in total. The van der Waals surface area contributed by atoms with Gasteiger partial charge >= 0.3 is 0 Å². The first-order valence-corrected chi connectivity index (χ1v) is 13.0. The Balaban J connectivity index is 1.27. The highest BCUT2D eigenvalue weighted by molar-refractivity contribution is 5.95. The third-order valence-corrected chi connectivity index (χ3v) is 7.37. The summed E-state index contributed by atoms with van der Waals surface area (Å²) < 4.78 is 12.9. The molecule has 3 aromatic rings. The van der Waals surface area contributed by atoms with Gasteiger partial charge in [0.15, 0.2) is 5.65 Å². The Kier molecular flexibility index (Phi) is 6.55. The predicted octanol–water partition coefficient (Wildman–Crippen LogP) is 2.09. The quantitative estimate of drug-likeness (QED) is 0.560. The van der Waals surface area contributed by atoms with E-state index in [4.69, 9.17) is 19.5 Å². The molecule has 3 aliphatic rings. The normalized spacial score (nSPS) is 19.2. The fraction of sp³-hybridized carbons (Fsp3) is 0.357. The predicted molar refractivity (Wildman–Crippen MR) is 148 cm³/mol. The molecule has 0 atom stereocenters. The minimum absolute atomic E-state index is 0.503. The lowest BCUT2D eigenvalue weighted by molar-refractivity contribution is 0.268. The Morgan fingerprint density at radius 3 is 2.55 bits per heavy atom. The van der Waals surface area contributed by atoms with Crippen LogP contribution in [0, 0.1) is 0 Å². The number of fused-ring (bicyclic) bond motifs is 3. The molecule has 0 bridgehead atoms. The summed E-state index contributed by atoms with van der Waals surface area (Å²) in [5, 5.41) is 12.9. The summed E-state index contributed by atoms with van der Waals surface area (Å²) in [7, 11) is 3.33. The zero-order valence-corrected chi connectivity index (χ0v) is 22.0. The molecule has 0 saturated carbocycles. The van der Waals surface area contributed by atoms with Crippen molar-refractivity contribution in [3.8, 4) is 0 Å². The number of anilines is 2. The molecule has 1 aliphatic carbocycles. The number of likely N-dealkylation sites (N-methyl/N-ethyl adjacent to an activating group) is 1. The number of hydrogen-bond acceptors (Lipinski definition) is 9. The Labute approximate surface area is 221 Å². The summed E-state index contributed by atoms with van der Waals surface area (Å²) in [5.74, 6) is 2.14.